The van der Waals surface area contributed by atoms with E-state index in [-0.39, 0.29) is 10.8 Å². The molecule has 0 radical (unpaired) electrons. The number of para-hydroxylation sites is 2. The van der Waals surface area contributed by atoms with Crippen molar-refractivity contribution in [1.29, 1.82) is 0 Å². The van der Waals surface area contributed by atoms with Gasteiger partial charge >= 0.3 is 0 Å². The molecule has 5 aliphatic carbocycles. The van der Waals surface area contributed by atoms with Crippen molar-refractivity contribution in [2.45, 2.75) is 23.7 Å². The van der Waals surface area contributed by atoms with Crippen molar-refractivity contribution in [1.82, 2.24) is 9.97 Å². The zero-order valence-electron chi connectivity index (χ0n) is 36.6. The Hall–Kier alpha value is -8.98. The number of aromatic nitrogens is 2. The predicted molar refractivity (Wildman–Crippen MR) is 301 cm³/mol. The monoisotopic (exact) mass is 876 g/mol. The molecule has 0 saturated heterocycles. The lowest BCUT2D eigenvalue weighted by atomic mass is 9.44. The fourth-order valence-corrected chi connectivity index (χ4v) is 26.1. The van der Waals surface area contributed by atoms with Crippen LogP contribution in [0.5, 0.6) is 0 Å². The van der Waals surface area contributed by atoms with E-state index in [0.717, 1.165) is 23.9 Å². The summed E-state index contributed by atoms with van der Waals surface area (Å²) in [6, 6.07) is 8.83. The lowest BCUT2D eigenvalue weighted by molar-refractivity contribution is 0.290. The van der Waals surface area contributed by atoms with Gasteiger partial charge in [-0.2, -0.15) is 0 Å². The molecule has 0 N–H and O–H groups in total. The smallest absolute Gasteiger partial charge is 0.0890 e. The highest BCUT2D eigenvalue weighted by atomic mass is 14.9. The van der Waals surface area contributed by atoms with Crippen LogP contribution in [0.4, 0.5) is 0 Å². The SMILES string of the molecule is c1ccc2nc3c(nc2c1)CC12c4c5c6c7c8c9c(c%10c%11c1c1c4c4c%12c5c5c6c6c8c8c%13c9c9c%10c%10c%11c%11c1c1c4c4c%12c%12c5c5c6c8c6c8c%13c9c9c%10c%10c%11c1c1c4c4c%12c5c6c5c8c9c%10c1c45)C72C3. The highest BCUT2D eigenvalue weighted by molar-refractivity contribution is 6.82. The Labute approximate surface area is 391 Å². The topological polar surface area (TPSA) is 25.8 Å². The summed E-state index contributed by atoms with van der Waals surface area (Å²) in [6.45, 7) is 0. The second-order valence-electron chi connectivity index (χ2n) is 26.5. The lowest BCUT2D eigenvalue weighted by Gasteiger charge is -2.56. The minimum atomic E-state index is -0.317. The molecule has 2 spiro atoms. The first-order valence-corrected chi connectivity index (χ1v) is 26.9. The molecule has 35 rings (SSSR count). The van der Waals surface area contributed by atoms with Gasteiger partial charge in [-0.15, -0.1) is 0 Å². The van der Waals surface area contributed by atoms with Crippen molar-refractivity contribution in [3.8, 4) is 0 Å². The molecule has 2 heteroatoms. The van der Waals surface area contributed by atoms with E-state index in [9.17, 15) is 0 Å². The number of hydrogen-bond donors (Lipinski definition) is 0. The van der Waals surface area contributed by atoms with Crippen molar-refractivity contribution >= 4 is 302 Å². The average molecular weight is 877 g/mol. The predicted octanol–water partition coefficient (Wildman–Crippen LogP) is 18.0. The lowest BCUT2D eigenvalue weighted by Crippen LogP contribution is -2.57. The van der Waals surface area contributed by atoms with Crippen LogP contribution in [0.3, 0.4) is 0 Å². The van der Waals surface area contributed by atoms with Crippen molar-refractivity contribution in [3.05, 3.63) is 57.9 Å². The van der Waals surface area contributed by atoms with Gasteiger partial charge in [0, 0.05) is 23.7 Å². The largest absolute Gasteiger partial charge is 0.249 e. The second kappa shape index (κ2) is 5.95. The van der Waals surface area contributed by atoms with Gasteiger partial charge in [0.25, 0.3) is 0 Å². The molecule has 72 heavy (non-hydrogen) atoms. The molecule has 30 aromatic rings. The molecule has 0 aliphatic heterocycles. The maximum absolute atomic E-state index is 5.86. The summed E-state index contributed by atoms with van der Waals surface area (Å²) >= 11 is 0. The molecule has 1 aromatic heterocycles. The molecule has 2 nitrogen and oxygen atoms in total. The van der Waals surface area contributed by atoms with E-state index in [1.807, 2.05) is 0 Å². The third-order valence-electron chi connectivity index (χ3n) is 26.3. The fraction of sp³-hybridized carbons (Fsp3) is 0.0571. The van der Waals surface area contributed by atoms with E-state index in [0.29, 0.717) is 0 Å². The Balaban J connectivity index is 1.14. The normalized spacial score (nSPS) is 22.2. The second-order valence-corrected chi connectivity index (χ2v) is 26.5. The number of fused-ring (bicyclic) bond motifs is 2. The summed E-state index contributed by atoms with van der Waals surface area (Å²) in [4.78, 5) is 11.7. The number of benzene rings is 19. The molecule has 0 saturated carbocycles. The summed E-state index contributed by atoms with van der Waals surface area (Å²) in [6.07, 6.45) is 1.83. The van der Waals surface area contributed by atoms with Gasteiger partial charge in [0.1, 0.15) is 0 Å². The van der Waals surface area contributed by atoms with Gasteiger partial charge in [-0.1, -0.05) is 12.1 Å². The van der Waals surface area contributed by atoms with Crippen LogP contribution in [0.25, 0.3) is 302 Å². The van der Waals surface area contributed by atoms with Crippen LogP contribution >= 0.6 is 0 Å². The van der Waals surface area contributed by atoms with E-state index < -0.39 is 0 Å². The van der Waals surface area contributed by atoms with E-state index >= 15 is 0 Å². The van der Waals surface area contributed by atoms with Gasteiger partial charge in [0.05, 0.1) is 22.4 Å². The van der Waals surface area contributed by atoms with Crippen molar-refractivity contribution in [2.24, 2.45) is 0 Å². The third-order valence-corrected chi connectivity index (χ3v) is 26.3. The van der Waals surface area contributed by atoms with Gasteiger partial charge < -0.3 is 0 Å². The maximum Gasteiger partial charge on any atom is 0.0890 e. The molecule has 298 valence electrons. The zero-order valence-corrected chi connectivity index (χ0v) is 36.6. The Morgan fingerprint density at radius 1 is 0.194 bits per heavy atom. The average Bonchev–Trinajstić information content (AvgIpc) is 4.37. The quantitative estimate of drug-likeness (QED) is 0.142. The zero-order chi connectivity index (χ0) is 42.5. The van der Waals surface area contributed by atoms with Gasteiger partial charge in [-0.3, -0.25) is 0 Å². The molecule has 0 atom stereocenters. The minimum absolute atomic E-state index is 0.317. The molecule has 0 fully saturated rings. The first kappa shape index (κ1) is 26.3. The Kier molecular flexibility index (Phi) is 2.17. The Morgan fingerprint density at radius 2 is 0.333 bits per heavy atom. The molecule has 0 unspecified atom stereocenters. The minimum Gasteiger partial charge on any atom is -0.249 e. The number of nitrogens with zero attached hydrogens (tertiary/aromatic N) is 2. The molecular weight excluding hydrogens is 869 g/mol. The van der Waals surface area contributed by atoms with Crippen LogP contribution in [-0.2, 0) is 23.7 Å². The van der Waals surface area contributed by atoms with E-state index in [1.54, 1.807) is 313 Å². The van der Waals surface area contributed by atoms with Crippen LogP contribution in [0.1, 0.15) is 33.6 Å². The van der Waals surface area contributed by atoms with Crippen LogP contribution < -0.4 is 0 Å². The molecule has 1 heterocycles. The van der Waals surface area contributed by atoms with Gasteiger partial charge in [-0.05, 0) is 325 Å². The molecule has 29 aromatic carbocycles. The van der Waals surface area contributed by atoms with Gasteiger partial charge in [0.2, 0.25) is 0 Å². The van der Waals surface area contributed by atoms with Crippen molar-refractivity contribution in [2.75, 3.05) is 0 Å². The summed E-state index contributed by atoms with van der Waals surface area (Å²) in [5.74, 6) is 0. The molecule has 5 aliphatic rings. The third kappa shape index (κ3) is 1.39. The molecule has 0 amide bonds. The van der Waals surface area contributed by atoms with Crippen molar-refractivity contribution in [3.63, 3.8) is 0 Å². The van der Waals surface area contributed by atoms with Gasteiger partial charge in [0.15, 0.2) is 0 Å². The summed E-state index contributed by atoms with van der Waals surface area (Å²) < 4.78 is 0. The summed E-state index contributed by atoms with van der Waals surface area (Å²) in [7, 11) is 0. The highest BCUT2D eigenvalue weighted by Crippen LogP contribution is 2.85. The van der Waals surface area contributed by atoms with E-state index in [4.69, 9.17) is 9.97 Å². The van der Waals surface area contributed by atoms with E-state index in [2.05, 4.69) is 24.3 Å². The van der Waals surface area contributed by atoms with E-state index in [1.165, 1.54) is 11.4 Å². The van der Waals surface area contributed by atoms with Crippen molar-refractivity contribution < 1.29 is 0 Å². The fourth-order valence-electron chi connectivity index (χ4n) is 26.1. The highest BCUT2D eigenvalue weighted by Gasteiger charge is 2.71. The first-order valence-electron chi connectivity index (χ1n) is 26.9. The maximum atomic E-state index is 5.86. The molecular formula is C70H8N2. The van der Waals surface area contributed by atoms with Crippen LogP contribution in [0.15, 0.2) is 24.3 Å². The summed E-state index contributed by atoms with van der Waals surface area (Å²) in [5.41, 5.74) is 10.9. The Bertz CT molecular complexity index is 7110. The van der Waals surface area contributed by atoms with Crippen LogP contribution in [-0.4, -0.2) is 9.97 Å². The number of rotatable bonds is 0. The van der Waals surface area contributed by atoms with Crippen LogP contribution in [0.2, 0.25) is 0 Å². The summed E-state index contributed by atoms with van der Waals surface area (Å²) in [5, 5.41) is 89.5. The first-order chi connectivity index (χ1) is 35.9. The standard InChI is InChI=1S/C70H8N2/c1-2-4-8-7(3-1)71-9-5-69-65-57-49-39-29-21-13-11-12-15-19-17(13)25-33-27(19)37-31-23(15)24-16(12)20-18-14(11)22(21)30-36-26(18)34-28(20)38-32(24)42-41(31)51-45(37)55-47(33)53(43(49)35(25)29)61(65)63(55)67-59(51)60-52(42)46(38)56-48(34)54-44(36)50(40(30)39)58(57)66(69)62(54)64(56)68(60)70(67,69)6-10(9)72-8/h1-4H,5-6H2. The van der Waals surface area contributed by atoms with Crippen LogP contribution in [0, 0.1) is 0 Å². The Morgan fingerprint density at radius 3 is 0.486 bits per heavy atom. The molecule has 0 bridgehead atoms. The number of hydrogen-bond acceptors (Lipinski definition) is 2. The van der Waals surface area contributed by atoms with Gasteiger partial charge in [-0.25, -0.2) is 9.97 Å².